The molecule has 1 amide bonds. The number of rotatable bonds is 12. The van der Waals surface area contributed by atoms with E-state index in [1.807, 2.05) is 13.8 Å². The zero-order valence-electron chi connectivity index (χ0n) is 15.2. The summed E-state index contributed by atoms with van der Waals surface area (Å²) in [5.41, 5.74) is 0.625. The number of hydrogen-bond donors (Lipinski definition) is 3. The number of carbonyl (C=O) groups excluding carboxylic acids is 1. The van der Waals surface area contributed by atoms with Crippen molar-refractivity contribution in [3.05, 3.63) is 29.8 Å². The van der Waals surface area contributed by atoms with Crippen LogP contribution in [0, 0.1) is 0 Å². The van der Waals surface area contributed by atoms with Crippen LogP contribution in [-0.4, -0.2) is 42.9 Å². The maximum atomic E-state index is 12.0. The third-order valence-corrected chi connectivity index (χ3v) is 3.64. The minimum absolute atomic E-state index is 0.0563. The van der Waals surface area contributed by atoms with E-state index < -0.39 is 6.10 Å². The lowest BCUT2D eigenvalue weighted by atomic mass is 10.2. The maximum Gasteiger partial charge on any atom is 0.251 e. The molecule has 0 aliphatic rings. The minimum atomic E-state index is -0.557. The fourth-order valence-electron chi connectivity index (χ4n) is 2.18. The van der Waals surface area contributed by atoms with Crippen LogP contribution in [0.25, 0.3) is 0 Å². The Kier molecular flexibility index (Phi) is 10.1. The molecule has 24 heavy (non-hydrogen) atoms. The number of benzene rings is 1. The first-order valence-corrected chi connectivity index (χ1v) is 8.95. The van der Waals surface area contributed by atoms with E-state index >= 15 is 0 Å². The summed E-state index contributed by atoms with van der Waals surface area (Å²) >= 11 is 0. The summed E-state index contributed by atoms with van der Waals surface area (Å²) in [5, 5.41) is 15.9. The number of aliphatic hydroxyl groups excluding tert-OH is 1. The first-order chi connectivity index (χ1) is 11.5. The SMILES string of the molecule is CCCCCCNC(=O)c1ccc(OCC(O)CNC(C)C)cc1. The Morgan fingerprint density at radius 3 is 2.50 bits per heavy atom. The van der Waals surface area contributed by atoms with Gasteiger partial charge < -0.3 is 20.5 Å². The normalized spacial score (nSPS) is 12.2. The number of hydrogen-bond acceptors (Lipinski definition) is 4. The fourth-order valence-corrected chi connectivity index (χ4v) is 2.18. The number of aliphatic hydroxyl groups is 1. The summed E-state index contributed by atoms with van der Waals surface area (Å²) in [6.45, 7) is 7.66. The highest BCUT2D eigenvalue weighted by Crippen LogP contribution is 2.12. The van der Waals surface area contributed by atoms with Gasteiger partial charge in [0, 0.05) is 24.7 Å². The van der Waals surface area contributed by atoms with Gasteiger partial charge in [0.15, 0.2) is 0 Å². The van der Waals surface area contributed by atoms with Crippen LogP contribution in [0.3, 0.4) is 0 Å². The van der Waals surface area contributed by atoms with Gasteiger partial charge in [0.05, 0.1) is 0 Å². The predicted octanol–water partition coefficient (Wildman–Crippen LogP) is 2.73. The third kappa shape index (κ3) is 8.89. The van der Waals surface area contributed by atoms with E-state index in [1.165, 1.54) is 12.8 Å². The van der Waals surface area contributed by atoms with Crippen molar-refractivity contribution in [2.24, 2.45) is 0 Å². The molecule has 0 bridgehead atoms. The van der Waals surface area contributed by atoms with Gasteiger partial charge >= 0.3 is 0 Å². The molecule has 5 heteroatoms. The van der Waals surface area contributed by atoms with Gasteiger partial charge in [-0.15, -0.1) is 0 Å². The van der Waals surface area contributed by atoms with Gasteiger partial charge in [-0.25, -0.2) is 0 Å². The number of nitrogens with one attached hydrogen (secondary N) is 2. The Labute approximate surface area is 145 Å². The molecule has 0 heterocycles. The van der Waals surface area contributed by atoms with Gasteiger partial charge in [-0.1, -0.05) is 40.0 Å². The molecule has 1 aromatic carbocycles. The van der Waals surface area contributed by atoms with Gasteiger partial charge in [0.25, 0.3) is 5.91 Å². The average Bonchev–Trinajstić information content (AvgIpc) is 2.58. The molecule has 0 radical (unpaired) electrons. The highest BCUT2D eigenvalue weighted by Gasteiger charge is 2.08. The molecule has 0 saturated carbocycles. The summed E-state index contributed by atoms with van der Waals surface area (Å²) in [4.78, 5) is 12.0. The Balaban J connectivity index is 2.30. The van der Waals surface area contributed by atoms with Crippen molar-refractivity contribution in [2.45, 2.75) is 58.6 Å². The van der Waals surface area contributed by atoms with Crippen molar-refractivity contribution in [1.29, 1.82) is 0 Å². The second-order valence-electron chi connectivity index (χ2n) is 6.37. The van der Waals surface area contributed by atoms with Crippen molar-refractivity contribution in [2.75, 3.05) is 19.7 Å². The van der Waals surface area contributed by atoms with Crippen molar-refractivity contribution in [3.63, 3.8) is 0 Å². The molecule has 0 fully saturated rings. The van der Waals surface area contributed by atoms with Gasteiger partial charge in [-0.05, 0) is 30.7 Å². The van der Waals surface area contributed by atoms with Crippen LogP contribution in [0.15, 0.2) is 24.3 Å². The van der Waals surface area contributed by atoms with E-state index in [-0.39, 0.29) is 12.5 Å². The quantitative estimate of drug-likeness (QED) is 0.513. The topological polar surface area (TPSA) is 70.6 Å². The molecule has 0 aliphatic carbocycles. The molecule has 1 aromatic rings. The monoisotopic (exact) mass is 336 g/mol. The molecular formula is C19H32N2O3. The molecule has 136 valence electrons. The second kappa shape index (κ2) is 11.9. The summed E-state index contributed by atoms with van der Waals surface area (Å²) in [6.07, 6.45) is 4.01. The Bertz CT molecular complexity index is 460. The maximum absolute atomic E-state index is 12.0. The standard InChI is InChI=1S/C19H32N2O3/c1-4-5-6-7-12-20-19(23)16-8-10-18(11-9-16)24-14-17(22)13-21-15(2)3/h8-11,15,17,21-22H,4-7,12-14H2,1-3H3,(H,20,23). The molecule has 1 atom stereocenters. The van der Waals surface area contributed by atoms with E-state index in [0.29, 0.717) is 30.4 Å². The minimum Gasteiger partial charge on any atom is -0.491 e. The summed E-state index contributed by atoms with van der Waals surface area (Å²) in [5.74, 6) is 0.595. The average molecular weight is 336 g/mol. The molecule has 0 saturated heterocycles. The van der Waals surface area contributed by atoms with Crippen LogP contribution in [0.4, 0.5) is 0 Å². The van der Waals surface area contributed by atoms with E-state index in [9.17, 15) is 9.90 Å². The summed E-state index contributed by atoms with van der Waals surface area (Å²) in [6, 6.07) is 7.34. The van der Waals surface area contributed by atoms with Crippen LogP contribution in [0.5, 0.6) is 5.75 Å². The zero-order chi connectivity index (χ0) is 17.8. The van der Waals surface area contributed by atoms with Gasteiger partial charge in [-0.2, -0.15) is 0 Å². The molecule has 0 aromatic heterocycles. The van der Waals surface area contributed by atoms with Crippen molar-refractivity contribution < 1.29 is 14.6 Å². The molecule has 1 rings (SSSR count). The molecular weight excluding hydrogens is 304 g/mol. The van der Waals surface area contributed by atoms with E-state index in [0.717, 1.165) is 12.8 Å². The first kappa shape index (κ1) is 20.5. The Morgan fingerprint density at radius 2 is 1.88 bits per heavy atom. The van der Waals surface area contributed by atoms with E-state index in [1.54, 1.807) is 24.3 Å². The fraction of sp³-hybridized carbons (Fsp3) is 0.632. The largest absolute Gasteiger partial charge is 0.491 e. The van der Waals surface area contributed by atoms with Crippen molar-refractivity contribution in [3.8, 4) is 5.75 Å². The molecule has 0 aliphatic heterocycles. The van der Waals surface area contributed by atoms with Gasteiger partial charge in [-0.3, -0.25) is 4.79 Å². The van der Waals surface area contributed by atoms with Crippen molar-refractivity contribution >= 4 is 5.91 Å². The highest BCUT2D eigenvalue weighted by molar-refractivity contribution is 5.94. The van der Waals surface area contributed by atoms with Crippen LogP contribution in [0.1, 0.15) is 56.8 Å². The van der Waals surface area contributed by atoms with E-state index in [2.05, 4.69) is 17.6 Å². The lowest BCUT2D eigenvalue weighted by Crippen LogP contribution is -2.35. The Hall–Kier alpha value is -1.59. The smallest absolute Gasteiger partial charge is 0.251 e. The molecule has 3 N–H and O–H groups in total. The van der Waals surface area contributed by atoms with Crippen LogP contribution >= 0.6 is 0 Å². The van der Waals surface area contributed by atoms with Crippen LogP contribution in [0.2, 0.25) is 0 Å². The molecule has 1 unspecified atom stereocenters. The molecule has 0 spiro atoms. The van der Waals surface area contributed by atoms with Crippen molar-refractivity contribution in [1.82, 2.24) is 10.6 Å². The first-order valence-electron chi connectivity index (χ1n) is 8.95. The third-order valence-electron chi connectivity index (χ3n) is 3.64. The number of ether oxygens (including phenoxy) is 1. The van der Waals surface area contributed by atoms with Crippen LogP contribution < -0.4 is 15.4 Å². The number of unbranched alkanes of at least 4 members (excludes halogenated alkanes) is 3. The van der Waals surface area contributed by atoms with Crippen LogP contribution in [-0.2, 0) is 0 Å². The zero-order valence-corrected chi connectivity index (χ0v) is 15.2. The molecule has 5 nitrogen and oxygen atoms in total. The van der Waals surface area contributed by atoms with Gasteiger partial charge in [0.2, 0.25) is 0 Å². The lowest BCUT2D eigenvalue weighted by Gasteiger charge is -2.15. The van der Waals surface area contributed by atoms with Gasteiger partial charge in [0.1, 0.15) is 18.5 Å². The van der Waals surface area contributed by atoms with E-state index in [4.69, 9.17) is 4.74 Å². The lowest BCUT2D eigenvalue weighted by molar-refractivity contribution is 0.0952. The number of carbonyl (C=O) groups is 1. The highest BCUT2D eigenvalue weighted by atomic mass is 16.5. The predicted molar refractivity (Wildman–Crippen MR) is 97.6 cm³/mol. The summed E-state index contributed by atoms with van der Waals surface area (Å²) < 4.78 is 5.54. The second-order valence-corrected chi connectivity index (χ2v) is 6.37. The number of amides is 1. The Morgan fingerprint density at radius 1 is 1.17 bits per heavy atom. The summed E-state index contributed by atoms with van der Waals surface area (Å²) in [7, 11) is 0.